The minimum Gasteiger partial charge on any atom is -0.340 e. The summed E-state index contributed by atoms with van der Waals surface area (Å²) < 4.78 is 0.831. The van der Waals surface area contributed by atoms with E-state index in [-0.39, 0.29) is 11.8 Å². The van der Waals surface area contributed by atoms with Crippen LogP contribution in [0.3, 0.4) is 0 Å². The number of carbonyl (C=O) groups is 2. The quantitative estimate of drug-likeness (QED) is 0.920. The van der Waals surface area contributed by atoms with Crippen LogP contribution in [0.2, 0.25) is 0 Å². The van der Waals surface area contributed by atoms with E-state index < -0.39 is 6.04 Å². The van der Waals surface area contributed by atoms with E-state index in [2.05, 4.69) is 21.2 Å². The van der Waals surface area contributed by atoms with Crippen molar-refractivity contribution in [2.45, 2.75) is 33.2 Å². The lowest BCUT2D eigenvalue weighted by molar-refractivity contribution is -0.120. The smallest absolute Gasteiger partial charge is 0.254 e. The number of amides is 2. The molecule has 0 saturated carbocycles. The summed E-state index contributed by atoms with van der Waals surface area (Å²) in [5, 5.41) is 2.86. The number of halogens is 1. The third-order valence-corrected chi connectivity index (χ3v) is 3.88. The average Bonchev–Trinajstić information content (AvgIpc) is 2.47. The number of rotatable bonds is 3. The van der Waals surface area contributed by atoms with E-state index in [1.54, 1.807) is 11.0 Å². The molecule has 0 unspecified atom stereocenters. The zero-order chi connectivity index (χ0) is 14.9. The number of hydrogen-bond donors (Lipinski definition) is 1. The molecule has 5 heteroatoms. The minimum atomic E-state index is -0.450. The minimum absolute atomic E-state index is 0.0318. The van der Waals surface area contributed by atoms with Crippen LogP contribution >= 0.6 is 15.9 Å². The Morgan fingerprint density at radius 2 is 2.05 bits per heavy atom. The lowest BCUT2D eigenvalue weighted by Crippen LogP contribution is -2.46. The summed E-state index contributed by atoms with van der Waals surface area (Å²) in [6.07, 6.45) is 0.649. The molecule has 1 heterocycles. The Balaban J connectivity index is 2.46. The number of nitrogens with zero attached hydrogens (tertiary/aromatic N) is 1. The number of nitrogens with one attached hydrogen (secondary N) is 1. The molecule has 0 bridgehead atoms. The van der Waals surface area contributed by atoms with Crippen molar-refractivity contribution in [3.8, 4) is 0 Å². The molecule has 0 spiro atoms. The third kappa shape index (κ3) is 2.87. The maximum Gasteiger partial charge on any atom is 0.254 e. The van der Waals surface area contributed by atoms with Gasteiger partial charge in [0.05, 0.1) is 11.3 Å². The summed E-state index contributed by atoms with van der Waals surface area (Å²) in [4.78, 5) is 26.6. The van der Waals surface area contributed by atoms with Crippen molar-refractivity contribution in [3.63, 3.8) is 0 Å². The molecule has 0 aromatic heterocycles. The summed E-state index contributed by atoms with van der Waals surface area (Å²) in [6, 6.07) is 4.98. The van der Waals surface area contributed by atoms with Gasteiger partial charge in [0.25, 0.3) is 5.91 Å². The molecule has 1 atom stereocenters. The SMILES string of the molecule is CCN1C(=O)[C@H](CC(C)C)NC(=O)c2cc(Br)ccc21. The topological polar surface area (TPSA) is 49.4 Å². The molecule has 1 aliphatic heterocycles. The van der Waals surface area contributed by atoms with Gasteiger partial charge in [0.1, 0.15) is 6.04 Å². The maximum atomic E-state index is 12.6. The summed E-state index contributed by atoms with van der Waals surface area (Å²) >= 11 is 3.37. The second-order valence-corrected chi connectivity index (χ2v) is 6.32. The second kappa shape index (κ2) is 5.95. The van der Waals surface area contributed by atoms with Crippen LogP contribution < -0.4 is 10.2 Å². The molecular weight excluding hydrogens is 320 g/mol. The molecule has 1 aromatic rings. The van der Waals surface area contributed by atoms with Crippen molar-refractivity contribution in [2.24, 2.45) is 5.92 Å². The fourth-order valence-electron chi connectivity index (χ4n) is 2.49. The van der Waals surface area contributed by atoms with Crippen LogP contribution in [0.4, 0.5) is 5.69 Å². The van der Waals surface area contributed by atoms with Crippen molar-refractivity contribution < 1.29 is 9.59 Å². The van der Waals surface area contributed by atoms with E-state index in [0.29, 0.717) is 30.1 Å². The highest BCUT2D eigenvalue weighted by atomic mass is 79.9. The highest BCUT2D eigenvalue weighted by Gasteiger charge is 2.33. The Hall–Kier alpha value is -1.36. The first-order valence-corrected chi connectivity index (χ1v) is 7.65. The van der Waals surface area contributed by atoms with Gasteiger partial charge in [-0.3, -0.25) is 9.59 Å². The first-order valence-electron chi connectivity index (χ1n) is 6.85. The second-order valence-electron chi connectivity index (χ2n) is 5.40. The van der Waals surface area contributed by atoms with Gasteiger partial charge < -0.3 is 10.2 Å². The summed E-state index contributed by atoms with van der Waals surface area (Å²) in [5.41, 5.74) is 1.23. The molecule has 2 rings (SSSR count). The molecule has 1 aliphatic rings. The number of hydrogen-bond acceptors (Lipinski definition) is 2. The lowest BCUT2D eigenvalue weighted by Gasteiger charge is -2.24. The summed E-state index contributed by atoms with van der Waals surface area (Å²) in [5.74, 6) is 0.128. The van der Waals surface area contributed by atoms with Crippen LogP contribution in [0.25, 0.3) is 0 Å². The zero-order valence-electron chi connectivity index (χ0n) is 11.9. The van der Waals surface area contributed by atoms with Gasteiger partial charge in [-0.15, -0.1) is 0 Å². The number of likely N-dealkylation sites (N-methyl/N-ethyl adjacent to an activating group) is 1. The Bertz CT molecular complexity index is 543. The number of anilines is 1. The first kappa shape index (κ1) is 15.0. The number of carbonyl (C=O) groups excluding carboxylic acids is 2. The Labute approximate surface area is 127 Å². The van der Waals surface area contributed by atoms with Gasteiger partial charge in [-0.1, -0.05) is 29.8 Å². The van der Waals surface area contributed by atoms with Crippen LogP contribution in [-0.4, -0.2) is 24.4 Å². The normalized spacial score (nSPS) is 18.9. The number of benzene rings is 1. The molecule has 0 saturated heterocycles. The van der Waals surface area contributed by atoms with Gasteiger partial charge in [-0.25, -0.2) is 0 Å². The third-order valence-electron chi connectivity index (χ3n) is 3.39. The highest BCUT2D eigenvalue weighted by molar-refractivity contribution is 9.10. The fraction of sp³-hybridized carbons (Fsp3) is 0.467. The predicted octanol–water partition coefficient (Wildman–Crippen LogP) is 2.96. The van der Waals surface area contributed by atoms with Crippen molar-refractivity contribution in [1.29, 1.82) is 0 Å². The predicted molar refractivity (Wildman–Crippen MR) is 82.9 cm³/mol. The molecular formula is C15H19BrN2O2. The van der Waals surface area contributed by atoms with Crippen molar-refractivity contribution >= 4 is 33.4 Å². The monoisotopic (exact) mass is 338 g/mol. The van der Waals surface area contributed by atoms with E-state index in [9.17, 15) is 9.59 Å². The zero-order valence-corrected chi connectivity index (χ0v) is 13.5. The largest absolute Gasteiger partial charge is 0.340 e. The van der Waals surface area contributed by atoms with Crippen LogP contribution in [-0.2, 0) is 4.79 Å². The van der Waals surface area contributed by atoms with E-state index in [4.69, 9.17) is 0 Å². The van der Waals surface area contributed by atoms with E-state index in [0.717, 1.165) is 4.47 Å². The molecule has 0 aliphatic carbocycles. The van der Waals surface area contributed by atoms with Gasteiger partial charge >= 0.3 is 0 Å². The van der Waals surface area contributed by atoms with Gasteiger partial charge in [-0.2, -0.15) is 0 Å². The van der Waals surface area contributed by atoms with Crippen molar-refractivity contribution in [1.82, 2.24) is 5.32 Å². The molecule has 108 valence electrons. The van der Waals surface area contributed by atoms with Crippen LogP contribution in [0.15, 0.2) is 22.7 Å². The highest BCUT2D eigenvalue weighted by Crippen LogP contribution is 2.28. The molecule has 0 radical (unpaired) electrons. The average molecular weight is 339 g/mol. The van der Waals surface area contributed by atoms with Gasteiger partial charge in [0.2, 0.25) is 5.91 Å². The fourth-order valence-corrected chi connectivity index (χ4v) is 2.85. The Morgan fingerprint density at radius 3 is 2.65 bits per heavy atom. The molecule has 20 heavy (non-hydrogen) atoms. The van der Waals surface area contributed by atoms with Crippen molar-refractivity contribution in [2.75, 3.05) is 11.4 Å². The molecule has 4 nitrogen and oxygen atoms in total. The van der Waals surface area contributed by atoms with E-state index in [1.807, 2.05) is 32.9 Å². The first-order chi connectivity index (χ1) is 9.43. The number of fused-ring (bicyclic) bond motifs is 1. The maximum absolute atomic E-state index is 12.6. The van der Waals surface area contributed by atoms with E-state index in [1.165, 1.54) is 0 Å². The summed E-state index contributed by atoms with van der Waals surface area (Å²) in [7, 11) is 0. The van der Waals surface area contributed by atoms with Gasteiger partial charge in [0, 0.05) is 11.0 Å². The Kier molecular flexibility index (Phi) is 4.48. The van der Waals surface area contributed by atoms with E-state index >= 15 is 0 Å². The van der Waals surface area contributed by atoms with Gasteiger partial charge in [-0.05, 0) is 37.5 Å². The molecule has 0 fully saturated rings. The van der Waals surface area contributed by atoms with Crippen LogP contribution in [0.1, 0.15) is 37.6 Å². The van der Waals surface area contributed by atoms with Crippen molar-refractivity contribution in [3.05, 3.63) is 28.2 Å². The molecule has 1 N–H and O–H groups in total. The Morgan fingerprint density at radius 1 is 1.35 bits per heavy atom. The standard InChI is InChI=1S/C15H19BrN2O2/c1-4-18-13-6-5-10(16)8-11(13)14(19)17-12(15(18)20)7-9(2)3/h5-6,8-9,12H,4,7H2,1-3H3,(H,17,19)/t12-/m0/s1. The van der Waals surface area contributed by atoms with Gasteiger partial charge in [0.15, 0.2) is 0 Å². The van der Waals surface area contributed by atoms with Crippen LogP contribution in [0, 0.1) is 5.92 Å². The molecule has 1 aromatic carbocycles. The molecule has 2 amide bonds. The lowest BCUT2D eigenvalue weighted by atomic mass is 10.0. The summed E-state index contributed by atoms with van der Waals surface area (Å²) in [6.45, 7) is 6.57. The van der Waals surface area contributed by atoms with Crippen LogP contribution in [0.5, 0.6) is 0 Å².